The molecule has 0 unspecified atom stereocenters. The Hall–Kier alpha value is -0.730. The number of piperidine rings is 1. The number of carbonyl (C=O) groups is 1. The van der Waals surface area contributed by atoms with Crippen LogP contribution in [0.4, 0.5) is 4.79 Å². The number of carbonyl (C=O) groups excluding carboxylic acids is 1. The standard InChI is InChI=1S/C14H28N4O2.HI/c1-14(2,3)20-13(19)17(4)11-8-16-12(15)18-9-6-5-7-10-18;/h5-11H2,1-4H3,(H2,15,16);1H. The number of amides is 1. The molecule has 7 heteroatoms. The number of rotatable bonds is 3. The normalized spacial score (nSPS) is 16.2. The molecule has 1 rings (SSSR count). The fourth-order valence-electron chi connectivity index (χ4n) is 1.97. The fourth-order valence-corrected chi connectivity index (χ4v) is 1.97. The number of hydrogen-bond donors (Lipinski definition) is 1. The summed E-state index contributed by atoms with van der Waals surface area (Å²) in [6, 6.07) is 0. The lowest BCUT2D eigenvalue weighted by Gasteiger charge is -2.27. The van der Waals surface area contributed by atoms with Gasteiger partial charge in [0.2, 0.25) is 0 Å². The lowest BCUT2D eigenvalue weighted by Crippen LogP contribution is -2.41. The number of ether oxygens (including phenoxy) is 1. The van der Waals surface area contributed by atoms with Crippen molar-refractivity contribution in [2.75, 3.05) is 33.2 Å². The molecular weight excluding hydrogens is 383 g/mol. The number of hydrogen-bond acceptors (Lipinski definition) is 3. The first-order valence-electron chi connectivity index (χ1n) is 7.28. The number of aliphatic imine (C=N–C) groups is 1. The highest BCUT2D eigenvalue weighted by atomic mass is 127. The van der Waals surface area contributed by atoms with Gasteiger partial charge in [-0.15, -0.1) is 24.0 Å². The zero-order valence-corrected chi connectivity index (χ0v) is 15.9. The number of likely N-dealkylation sites (N-methyl/N-ethyl adjacent to an activating group) is 1. The highest BCUT2D eigenvalue weighted by Crippen LogP contribution is 2.09. The van der Waals surface area contributed by atoms with Crippen molar-refractivity contribution in [1.29, 1.82) is 0 Å². The SMILES string of the molecule is CN(CCN=C(N)N1CCCCC1)C(=O)OC(C)(C)C.I. The molecule has 1 aliphatic rings. The molecule has 1 saturated heterocycles. The lowest BCUT2D eigenvalue weighted by atomic mass is 10.1. The predicted octanol–water partition coefficient (Wildman–Crippen LogP) is 2.27. The smallest absolute Gasteiger partial charge is 0.410 e. The topological polar surface area (TPSA) is 71.2 Å². The summed E-state index contributed by atoms with van der Waals surface area (Å²) in [6.07, 6.45) is 3.29. The van der Waals surface area contributed by atoms with Gasteiger partial charge >= 0.3 is 6.09 Å². The molecule has 0 radical (unpaired) electrons. The highest BCUT2D eigenvalue weighted by molar-refractivity contribution is 14.0. The molecule has 2 N–H and O–H groups in total. The van der Waals surface area contributed by atoms with Gasteiger partial charge < -0.3 is 20.3 Å². The number of nitrogens with two attached hydrogens (primary N) is 1. The Morgan fingerprint density at radius 3 is 2.38 bits per heavy atom. The molecule has 21 heavy (non-hydrogen) atoms. The average molecular weight is 412 g/mol. The second kappa shape index (κ2) is 9.32. The van der Waals surface area contributed by atoms with E-state index in [1.54, 1.807) is 7.05 Å². The van der Waals surface area contributed by atoms with Gasteiger partial charge in [0.15, 0.2) is 5.96 Å². The molecule has 0 aromatic heterocycles. The van der Waals surface area contributed by atoms with Crippen molar-refractivity contribution in [3.05, 3.63) is 0 Å². The molecule has 0 aromatic carbocycles. The van der Waals surface area contributed by atoms with Crippen LogP contribution < -0.4 is 5.73 Å². The Morgan fingerprint density at radius 1 is 1.29 bits per heavy atom. The van der Waals surface area contributed by atoms with E-state index in [-0.39, 0.29) is 30.1 Å². The third-order valence-corrected chi connectivity index (χ3v) is 3.09. The molecule has 0 aliphatic carbocycles. The van der Waals surface area contributed by atoms with Crippen molar-refractivity contribution in [3.63, 3.8) is 0 Å². The third-order valence-electron chi connectivity index (χ3n) is 3.09. The molecule has 1 aliphatic heterocycles. The number of halogens is 1. The summed E-state index contributed by atoms with van der Waals surface area (Å²) in [7, 11) is 1.71. The van der Waals surface area contributed by atoms with E-state index in [4.69, 9.17) is 10.5 Å². The van der Waals surface area contributed by atoms with Gasteiger partial charge in [0.1, 0.15) is 5.60 Å². The van der Waals surface area contributed by atoms with Crippen molar-refractivity contribution in [2.45, 2.75) is 45.6 Å². The van der Waals surface area contributed by atoms with Gasteiger partial charge in [-0.25, -0.2) is 4.79 Å². The number of nitrogens with zero attached hydrogens (tertiary/aromatic N) is 3. The predicted molar refractivity (Wildman–Crippen MR) is 96.2 cm³/mol. The Balaban J connectivity index is 0.00000400. The molecule has 0 bridgehead atoms. The second-order valence-corrected chi connectivity index (χ2v) is 6.19. The van der Waals surface area contributed by atoms with E-state index in [1.165, 1.54) is 24.2 Å². The third kappa shape index (κ3) is 8.33. The Morgan fingerprint density at radius 2 is 1.86 bits per heavy atom. The minimum atomic E-state index is -0.471. The average Bonchev–Trinajstić information content (AvgIpc) is 2.37. The minimum Gasteiger partial charge on any atom is -0.444 e. The molecule has 0 aromatic rings. The molecule has 1 fully saturated rings. The van der Waals surface area contributed by atoms with E-state index in [0.717, 1.165) is 13.1 Å². The maximum Gasteiger partial charge on any atom is 0.410 e. The molecule has 1 amide bonds. The van der Waals surface area contributed by atoms with Gasteiger partial charge in [0.25, 0.3) is 0 Å². The van der Waals surface area contributed by atoms with Crippen LogP contribution in [0.3, 0.4) is 0 Å². The maximum atomic E-state index is 11.7. The molecule has 0 spiro atoms. The maximum absolute atomic E-state index is 11.7. The second-order valence-electron chi connectivity index (χ2n) is 6.19. The van der Waals surface area contributed by atoms with Crippen molar-refractivity contribution in [3.8, 4) is 0 Å². The highest BCUT2D eigenvalue weighted by Gasteiger charge is 2.19. The molecular formula is C14H29IN4O2. The van der Waals surface area contributed by atoms with Crippen LogP contribution in [0.1, 0.15) is 40.0 Å². The Kier molecular flexibility index (Phi) is 9.00. The molecule has 0 saturated carbocycles. The van der Waals surface area contributed by atoms with Crippen LogP contribution in [0.15, 0.2) is 4.99 Å². The van der Waals surface area contributed by atoms with Gasteiger partial charge in [-0.05, 0) is 40.0 Å². The first kappa shape index (κ1) is 20.3. The van der Waals surface area contributed by atoms with Gasteiger partial charge in [0, 0.05) is 26.7 Å². The van der Waals surface area contributed by atoms with Crippen LogP contribution in [0.2, 0.25) is 0 Å². The molecule has 0 atom stereocenters. The first-order valence-corrected chi connectivity index (χ1v) is 7.28. The van der Waals surface area contributed by atoms with E-state index >= 15 is 0 Å². The van der Waals surface area contributed by atoms with E-state index in [1.807, 2.05) is 20.8 Å². The van der Waals surface area contributed by atoms with Gasteiger partial charge in [0.05, 0.1) is 6.54 Å². The van der Waals surface area contributed by atoms with Gasteiger partial charge in [-0.2, -0.15) is 0 Å². The van der Waals surface area contributed by atoms with Crippen LogP contribution in [0, 0.1) is 0 Å². The van der Waals surface area contributed by atoms with E-state index < -0.39 is 5.60 Å². The van der Waals surface area contributed by atoms with E-state index in [9.17, 15) is 4.79 Å². The van der Waals surface area contributed by atoms with Crippen LogP contribution in [-0.2, 0) is 4.74 Å². The molecule has 6 nitrogen and oxygen atoms in total. The molecule has 1 heterocycles. The van der Waals surface area contributed by atoms with Gasteiger partial charge in [-0.3, -0.25) is 4.99 Å². The van der Waals surface area contributed by atoms with E-state index in [2.05, 4.69) is 9.89 Å². The lowest BCUT2D eigenvalue weighted by molar-refractivity contribution is 0.0304. The number of likely N-dealkylation sites (tertiary alicyclic amines) is 1. The van der Waals surface area contributed by atoms with Crippen LogP contribution in [0.5, 0.6) is 0 Å². The van der Waals surface area contributed by atoms with E-state index in [0.29, 0.717) is 19.0 Å². The monoisotopic (exact) mass is 412 g/mol. The van der Waals surface area contributed by atoms with Crippen molar-refractivity contribution >= 4 is 36.0 Å². The Bertz CT molecular complexity index is 349. The zero-order chi connectivity index (χ0) is 15.2. The van der Waals surface area contributed by atoms with Crippen LogP contribution in [-0.4, -0.2) is 60.7 Å². The van der Waals surface area contributed by atoms with Crippen molar-refractivity contribution in [2.24, 2.45) is 10.7 Å². The summed E-state index contributed by atoms with van der Waals surface area (Å²) < 4.78 is 5.27. The summed E-state index contributed by atoms with van der Waals surface area (Å²) in [6.45, 7) is 8.53. The van der Waals surface area contributed by atoms with Crippen LogP contribution in [0.25, 0.3) is 0 Å². The summed E-state index contributed by atoms with van der Waals surface area (Å²) in [5.41, 5.74) is 5.48. The zero-order valence-electron chi connectivity index (χ0n) is 13.6. The number of guanidine groups is 1. The fraction of sp³-hybridized carbons (Fsp3) is 0.857. The summed E-state index contributed by atoms with van der Waals surface area (Å²) >= 11 is 0. The summed E-state index contributed by atoms with van der Waals surface area (Å²) in [5, 5.41) is 0. The van der Waals surface area contributed by atoms with Crippen LogP contribution >= 0.6 is 24.0 Å². The first-order chi connectivity index (χ1) is 9.29. The van der Waals surface area contributed by atoms with Gasteiger partial charge in [-0.1, -0.05) is 0 Å². The van der Waals surface area contributed by atoms with Crippen molar-refractivity contribution in [1.82, 2.24) is 9.80 Å². The summed E-state index contributed by atoms with van der Waals surface area (Å²) in [5.74, 6) is 0.585. The minimum absolute atomic E-state index is 0. The largest absolute Gasteiger partial charge is 0.444 e. The quantitative estimate of drug-likeness (QED) is 0.439. The van der Waals surface area contributed by atoms with Crippen molar-refractivity contribution < 1.29 is 9.53 Å². The molecule has 124 valence electrons. The summed E-state index contributed by atoms with van der Waals surface area (Å²) in [4.78, 5) is 19.7. The Labute approximate surface area is 145 Å².